The number of carboxylic acid groups (broad SMARTS) is 1. The van der Waals surface area contributed by atoms with E-state index in [4.69, 9.17) is 4.74 Å². The molecule has 2 heterocycles. The SMILES string of the molecule is O=C(Nc1cncc(Br)c1)NC1(C(=O)O)CCOC1. The van der Waals surface area contributed by atoms with E-state index in [-0.39, 0.29) is 13.0 Å². The van der Waals surface area contributed by atoms with Crippen molar-refractivity contribution in [2.75, 3.05) is 18.5 Å². The van der Waals surface area contributed by atoms with Gasteiger partial charge in [-0.25, -0.2) is 9.59 Å². The standard InChI is InChI=1S/C11H12BrN3O4/c12-7-3-8(5-13-4-7)14-10(18)15-11(9(16)17)1-2-19-6-11/h3-5H,1-2,6H2,(H,16,17)(H2,14,15,18). The molecule has 1 aromatic rings. The molecule has 1 aliphatic rings. The number of rotatable bonds is 3. The fourth-order valence-corrected chi connectivity index (χ4v) is 2.11. The number of hydrogen-bond acceptors (Lipinski definition) is 4. The van der Waals surface area contributed by atoms with Gasteiger partial charge in [0.1, 0.15) is 0 Å². The number of nitrogens with one attached hydrogen (secondary N) is 2. The van der Waals surface area contributed by atoms with Crippen molar-refractivity contribution >= 4 is 33.6 Å². The molecule has 0 aromatic carbocycles. The van der Waals surface area contributed by atoms with Crippen LogP contribution in [0.3, 0.4) is 0 Å². The highest BCUT2D eigenvalue weighted by Gasteiger charge is 2.44. The first-order chi connectivity index (χ1) is 9.02. The van der Waals surface area contributed by atoms with Crippen LogP contribution < -0.4 is 10.6 Å². The molecule has 102 valence electrons. The topological polar surface area (TPSA) is 101 Å². The molecule has 1 saturated heterocycles. The summed E-state index contributed by atoms with van der Waals surface area (Å²) in [6, 6.07) is 1.05. The molecule has 0 spiro atoms. The Hall–Kier alpha value is -1.67. The van der Waals surface area contributed by atoms with Gasteiger partial charge in [0.05, 0.1) is 18.5 Å². The Labute approximate surface area is 117 Å². The number of aliphatic carboxylic acids is 1. The van der Waals surface area contributed by atoms with Gasteiger partial charge in [0.15, 0.2) is 5.54 Å². The number of nitrogens with zero attached hydrogens (tertiary/aromatic N) is 1. The number of pyridine rings is 1. The first-order valence-corrected chi connectivity index (χ1v) is 6.32. The highest BCUT2D eigenvalue weighted by atomic mass is 79.9. The average molecular weight is 330 g/mol. The molecule has 1 aromatic heterocycles. The molecular weight excluding hydrogens is 318 g/mol. The third-order valence-electron chi connectivity index (χ3n) is 2.75. The lowest BCUT2D eigenvalue weighted by Gasteiger charge is -2.23. The largest absolute Gasteiger partial charge is 0.479 e. The highest BCUT2D eigenvalue weighted by Crippen LogP contribution is 2.19. The highest BCUT2D eigenvalue weighted by molar-refractivity contribution is 9.10. The lowest BCUT2D eigenvalue weighted by atomic mass is 9.99. The van der Waals surface area contributed by atoms with E-state index in [9.17, 15) is 14.7 Å². The van der Waals surface area contributed by atoms with Crippen LogP contribution in [0.4, 0.5) is 10.5 Å². The number of carbonyl (C=O) groups is 2. The monoisotopic (exact) mass is 329 g/mol. The Morgan fingerprint density at radius 3 is 2.84 bits per heavy atom. The molecule has 1 unspecified atom stereocenters. The van der Waals surface area contributed by atoms with Crippen LogP contribution >= 0.6 is 15.9 Å². The summed E-state index contributed by atoms with van der Waals surface area (Å²) in [5, 5.41) is 14.2. The van der Waals surface area contributed by atoms with Crippen molar-refractivity contribution in [1.29, 1.82) is 0 Å². The number of carbonyl (C=O) groups excluding carboxylic acids is 1. The van der Waals surface area contributed by atoms with Crippen molar-refractivity contribution < 1.29 is 19.4 Å². The number of amides is 2. The number of ether oxygens (including phenoxy) is 1. The molecule has 0 bridgehead atoms. The Morgan fingerprint density at radius 2 is 2.26 bits per heavy atom. The van der Waals surface area contributed by atoms with Crippen molar-refractivity contribution in [3.63, 3.8) is 0 Å². The maximum Gasteiger partial charge on any atom is 0.332 e. The van der Waals surface area contributed by atoms with Crippen LogP contribution in [0.5, 0.6) is 0 Å². The van der Waals surface area contributed by atoms with Crippen molar-refractivity contribution in [3.05, 3.63) is 22.9 Å². The Kier molecular flexibility index (Phi) is 4.01. The summed E-state index contributed by atoms with van der Waals surface area (Å²) >= 11 is 3.23. The minimum atomic E-state index is -1.36. The first-order valence-electron chi connectivity index (χ1n) is 5.53. The summed E-state index contributed by atoms with van der Waals surface area (Å²) in [5.74, 6) is -1.10. The molecular formula is C11H12BrN3O4. The second-order valence-corrected chi connectivity index (χ2v) is 5.08. The molecule has 19 heavy (non-hydrogen) atoms. The first kappa shape index (κ1) is 13.8. The Morgan fingerprint density at radius 1 is 1.47 bits per heavy atom. The van der Waals surface area contributed by atoms with Gasteiger partial charge in [0, 0.05) is 23.7 Å². The second kappa shape index (κ2) is 5.54. The van der Waals surface area contributed by atoms with Crippen LogP contribution in [0.15, 0.2) is 22.9 Å². The number of aromatic nitrogens is 1. The van der Waals surface area contributed by atoms with Gasteiger partial charge in [-0.3, -0.25) is 4.98 Å². The zero-order valence-electron chi connectivity index (χ0n) is 9.85. The normalized spacial score (nSPS) is 21.9. The quantitative estimate of drug-likeness (QED) is 0.773. The molecule has 1 aliphatic heterocycles. The van der Waals surface area contributed by atoms with E-state index in [1.54, 1.807) is 12.3 Å². The number of hydrogen-bond donors (Lipinski definition) is 3. The Balaban J connectivity index is 2.02. The lowest BCUT2D eigenvalue weighted by molar-refractivity contribution is -0.144. The van der Waals surface area contributed by atoms with Crippen LogP contribution in [0, 0.1) is 0 Å². The van der Waals surface area contributed by atoms with E-state index in [2.05, 4.69) is 31.5 Å². The number of anilines is 1. The van der Waals surface area contributed by atoms with E-state index >= 15 is 0 Å². The minimum Gasteiger partial charge on any atom is -0.479 e. The van der Waals surface area contributed by atoms with E-state index < -0.39 is 17.5 Å². The average Bonchev–Trinajstić information content (AvgIpc) is 2.78. The fourth-order valence-electron chi connectivity index (χ4n) is 1.75. The van der Waals surface area contributed by atoms with Gasteiger partial charge in [-0.05, 0) is 22.0 Å². The van der Waals surface area contributed by atoms with Crippen LogP contribution in [0.1, 0.15) is 6.42 Å². The molecule has 7 nitrogen and oxygen atoms in total. The summed E-state index contributed by atoms with van der Waals surface area (Å²) in [6.07, 6.45) is 3.28. The van der Waals surface area contributed by atoms with Gasteiger partial charge in [0.25, 0.3) is 0 Å². The number of urea groups is 1. The summed E-state index contributed by atoms with van der Waals surface area (Å²) in [7, 11) is 0. The molecule has 2 rings (SSSR count). The summed E-state index contributed by atoms with van der Waals surface area (Å²) in [4.78, 5) is 26.9. The smallest absolute Gasteiger partial charge is 0.332 e. The molecule has 0 saturated carbocycles. The predicted octanol–water partition coefficient (Wildman–Crippen LogP) is 1.21. The van der Waals surface area contributed by atoms with E-state index in [1.165, 1.54) is 6.20 Å². The molecule has 1 fully saturated rings. The maximum absolute atomic E-state index is 11.8. The Bertz CT molecular complexity index is 502. The van der Waals surface area contributed by atoms with Gasteiger partial charge in [-0.15, -0.1) is 0 Å². The molecule has 3 N–H and O–H groups in total. The fraction of sp³-hybridized carbons (Fsp3) is 0.364. The third kappa shape index (κ3) is 3.21. The van der Waals surface area contributed by atoms with Crippen LogP contribution in [0.25, 0.3) is 0 Å². The van der Waals surface area contributed by atoms with Crippen LogP contribution in [-0.4, -0.2) is 40.8 Å². The minimum absolute atomic E-state index is 0.0352. The molecule has 0 aliphatic carbocycles. The zero-order valence-corrected chi connectivity index (χ0v) is 11.4. The van der Waals surface area contributed by atoms with Gasteiger partial charge in [-0.1, -0.05) is 0 Å². The van der Waals surface area contributed by atoms with Gasteiger partial charge < -0.3 is 20.5 Å². The summed E-state index contributed by atoms with van der Waals surface area (Å²) in [6.45, 7) is 0.275. The van der Waals surface area contributed by atoms with Crippen LogP contribution in [0.2, 0.25) is 0 Å². The van der Waals surface area contributed by atoms with Crippen molar-refractivity contribution in [3.8, 4) is 0 Å². The van der Waals surface area contributed by atoms with Gasteiger partial charge in [0.2, 0.25) is 0 Å². The van der Waals surface area contributed by atoms with Gasteiger partial charge in [-0.2, -0.15) is 0 Å². The summed E-state index contributed by atoms with van der Waals surface area (Å²) in [5.41, 5.74) is -0.893. The van der Waals surface area contributed by atoms with E-state index in [0.717, 1.165) is 0 Å². The molecule has 0 radical (unpaired) electrons. The van der Waals surface area contributed by atoms with Gasteiger partial charge >= 0.3 is 12.0 Å². The predicted molar refractivity (Wildman–Crippen MR) is 69.9 cm³/mol. The van der Waals surface area contributed by atoms with E-state index in [1.807, 2.05) is 0 Å². The van der Waals surface area contributed by atoms with Crippen molar-refractivity contribution in [1.82, 2.24) is 10.3 Å². The maximum atomic E-state index is 11.8. The molecule has 1 atom stereocenters. The van der Waals surface area contributed by atoms with E-state index in [0.29, 0.717) is 16.8 Å². The summed E-state index contributed by atoms with van der Waals surface area (Å²) < 4.78 is 5.76. The second-order valence-electron chi connectivity index (χ2n) is 4.16. The van der Waals surface area contributed by atoms with Crippen molar-refractivity contribution in [2.24, 2.45) is 0 Å². The van der Waals surface area contributed by atoms with Crippen molar-refractivity contribution in [2.45, 2.75) is 12.0 Å². The lowest BCUT2D eigenvalue weighted by Crippen LogP contribution is -2.56. The third-order valence-corrected chi connectivity index (χ3v) is 3.18. The molecule has 8 heteroatoms. The number of carboxylic acids is 1. The van der Waals surface area contributed by atoms with Crippen LogP contribution in [-0.2, 0) is 9.53 Å². The molecule has 2 amide bonds. The zero-order chi connectivity index (χ0) is 13.9. The number of halogens is 1.